The summed E-state index contributed by atoms with van der Waals surface area (Å²) in [4.78, 5) is 2.08. The Kier molecular flexibility index (Phi) is 4.97. The van der Waals surface area contributed by atoms with Gasteiger partial charge >= 0.3 is 0 Å². The van der Waals surface area contributed by atoms with E-state index in [1.165, 1.54) is 0 Å². The van der Waals surface area contributed by atoms with Crippen LogP contribution in [0.3, 0.4) is 0 Å². The monoisotopic (exact) mass is 237 g/mol. The molecule has 0 aromatic heterocycles. The van der Waals surface area contributed by atoms with Crippen molar-refractivity contribution in [2.45, 2.75) is 25.4 Å². The average molecular weight is 237 g/mol. The lowest BCUT2D eigenvalue weighted by Gasteiger charge is -2.29. The molecule has 0 heterocycles. The van der Waals surface area contributed by atoms with E-state index < -0.39 is 5.60 Å². The molecule has 1 rings (SSSR count). The molecule has 0 radical (unpaired) electrons. The Labute approximate surface area is 104 Å². The van der Waals surface area contributed by atoms with Gasteiger partial charge in [-0.2, -0.15) is 0 Å². The molecule has 17 heavy (non-hydrogen) atoms. The first-order chi connectivity index (χ1) is 8.01. The smallest absolute Gasteiger partial charge is 0.119 e. The van der Waals surface area contributed by atoms with Crippen molar-refractivity contribution in [1.29, 1.82) is 0 Å². The molecule has 0 amide bonds. The standard InChI is InChI=1S/C14H23NO2/c1-5-14(16,9-10-15(2)3)12-7-6-8-13(11-12)17-4/h6-8,11,16H,5,9-10H2,1-4H3/t14-/m1/s1. The van der Waals surface area contributed by atoms with Crippen molar-refractivity contribution in [3.63, 3.8) is 0 Å². The van der Waals surface area contributed by atoms with Crippen molar-refractivity contribution >= 4 is 0 Å². The second-order valence-electron chi connectivity index (χ2n) is 4.67. The van der Waals surface area contributed by atoms with Gasteiger partial charge in [-0.05, 0) is 44.6 Å². The number of ether oxygens (including phenoxy) is 1. The molecule has 1 aromatic carbocycles. The zero-order valence-corrected chi connectivity index (χ0v) is 11.2. The molecule has 3 heteroatoms. The molecule has 0 saturated carbocycles. The molecule has 0 spiro atoms. The number of hydrogen-bond donors (Lipinski definition) is 1. The minimum absolute atomic E-state index is 0.702. The van der Waals surface area contributed by atoms with Gasteiger partial charge in [0.05, 0.1) is 12.7 Å². The van der Waals surface area contributed by atoms with Crippen molar-refractivity contribution in [2.24, 2.45) is 0 Å². The Morgan fingerprint density at radius 2 is 2.06 bits per heavy atom. The molecule has 0 unspecified atom stereocenters. The van der Waals surface area contributed by atoms with Crippen LogP contribution in [0.2, 0.25) is 0 Å². The first-order valence-corrected chi connectivity index (χ1v) is 6.03. The predicted octanol–water partition coefficient (Wildman–Crippen LogP) is 2.24. The minimum atomic E-state index is -0.765. The molecule has 1 aromatic rings. The fourth-order valence-electron chi connectivity index (χ4n) is 1.85. The predicted molar refractivity (Wildman–Crippen MR) is 70.4 cm³/mol. The molecule has 0 bridgehead atoms. The lowest BCUT2D eigenvalue weighted by molar-refractivity contribution is 0.0169. The molecule has 0 fully saturated rings. The quantitative estimate of drug-likeness (QED) is 0.823. The molecule has 96 valence electrons. The molecule has 3 nitrogen and oxygen atoms in total. The maximum absolute atomic E-state index is 10.7. The number of rotatable bonds is 6. The van der Waals surface area contributed by atoms with Gasteiger partial charge in [0.15, 0.2) is 0 Å². The van der Waals surface area contributed by atoms with Gasteiger partial charge in [0, 0.05) is 6.54 Å². The third-order valence-corrected chi connectivity index (χ3v) is 3.16. The Morgan fingerprint density at radius 3 is 2.59 bits per heavy atom. The molecule has 0 saturated heterocycles. The van der Waals surface area contributed by atoms with E-state index in [4.69, 9.17) is 4.74 Å². The topological polar surface area (TPSA) is 32.7 Å². The van der Waals surface area contributed by atoms with Crippen LogP contribution in [0.25, 0.3) is 0 Å². The highest BCUT2D eigenvalue weighted by molar-refractivity contribution is 5.32. The van der Waals surface area contributed by atoms with E-state index >= 15 is 0 Å². The Bertz CT molecular complexity index is 352. The fourth-order valence-corrected chi connectivity index (χ4v) is 1.85. The summed E-state index contributed by atoms with van der Waals surface area (Å²) in [5.74, 6) is 0.791. The second kappa shape index (κ2) is 6.03. The first kappa shape index (κ1) is 14.0. The van der Waals surface area contributed by atoms with E-state index in [0.717, 1.165) is 24.3 Å². The van der Waals surface area contributed by atoms with E-state index in [0.29, 0.717) is 6.42 Å². The Morgan fingerprint density at radius 1 is 1.35 bits per heavy atom. The summed E-state index contributed by atoms with van der Waals surface area (Å²) in [6.07, 6.45) is 1.43. The number of benzene rings is 1. The van der Waals surface area contributed by atoms with E-state index in [2.05, 4.69) is 4.90 Å². The number of nitrogens with zero attached hydrogens (tertiary/aromatic N) is 1. The summed E-state index contributed by atoms with van der Waals surface area (Å²) in [7, 11) is 5.67. The minimum Gasteiger partial charge on any atom is -0.497 e. The van der Waals surface area contributed by atoms with Crippen molar-refractivity contribution in [2.75, 3.05) is 27.7 Å². The molecule has 1 atom stereocenters. The molecule has 0 aliphatic heterocycles. The lowest BCUT2D eigenvalue weighted by atomic mass is 9.87. The first-order valence-electron chi connectivity index (χ1n) is 6.03. The summed E-state index contributed by atoms with van der Waals surface area (Å²) in [6, 6.07) is 7.69. The van der Waals surface area contributed by atoms with E-state index in [1.807, 2.05) is 45.3 Å². The Balaban J connectivity index is 2.90. The van der Waals surface area contributed by atoms with Crippen molar-refractivity contribution < 1.29 is 9.84 Å². The van der Waals surface area contributed by atoms with Gasteiger partial charge in [-0.3, -0.25) is 0 Å². The highest BCUT2D eigenvalue weighted by atomic mass is 16.5. The summed E-state index contributed by atoms with van der Waals surface area (Å²) in [5, 5.41) is 10.7. The van der Waals surface area contributed by atoms with Crippen molar-refractivity contribution in [1.82, 2.24) is 4.90 Å². The van der Waals surface area contributed by atoms with Crippen LogP contribution in [-0.4, -0.2) is 37.8 Å². The van der Waals surface area contributed by atoms with Gasteiger partial charge in [-0.25, -0.2) is 0 Å². The van der Waals surface area contributed by atoms with Gasteiger partial charge in [0.1, 0.15) is 5.75 Å². The molecule has 1 N–H and O–H groups in total. The maximum atomic E-state index is 10.7. The fraction of sp³-hybridized carbons (Fsp3) is 0.571. The van der Waals surface area contributed by atoms with Crippen LogP contribution < -0.4 is 4.74 Å². The van der Waals surface area contributed by atoms with Gasteiger partial charge in [0.2, 0.25) is 0 Å². The molecule has 0 aliphatic carbocycles. The second-order valence-corrected chi connectivity index (χ2v) is 4.67. The highest BCUT2D eigenvalue weighted by Gasteiger charge is 2.27. The normalized spacial score (nSPS) is 14.7. The zero-order chi connectivity index (χ0) is 12.9. The average Bonchev–Trinajstić information content (AvgIpc) is 2.36. The summed E-state index contributed by atoms with van der Waals surface area (Å²) in [5.41, 5.74) is 0.167. The lowest BCUT2D eigenvalue weighted by Crippen LogP contribution is -2.29. The summed E-state index contributed by atoms with van der Waals surface area (Å²) in [6.45, 7) is 2.87. The van der Waals surface area contributed by atoms with Crippen molar-refractivity contribution in [3.05, 3.63) is 29.8 Å². The number of hydrogen-bond acceptors (Lipinski definition) is 3. The third kappa shape index (κ3) is 3.72. The Hall–Kier alpha value is -1.06. The maximum Gasteiger partial charge on any atom is 0.119 e. The van der Waals surface area contributed by atoms with Crippen LogP contribution in [0, 0.1) is 0 Å². The number of aliphatic hydroxyl groups is 1. The highest BCUT2D eigenvalue weighted by Crippen LogP contribution is 2.30. The molecular weight excluding hydrogens is 214 g/mol. The van der Waals surface area contributed by atoms with Crippen LogP contribution in [0.1, 0.15) is 25.3 Å². The van der Waals surface area contributed by atoms with Crippen LogP contribution >= 0.6 is 0 Å². The van der Waals surface area contributed by atoms with Crippen LogP contribution in [0.15, 0.2) is 24.3 Å². The third-order valence-electron chi connectivity index (χ3n) is 3.16. The van der Waals surface area contributed by atoms with Crippen molar-refractivity contribution in [3.8, 4) is 5.75 Å². The van der Waals surface area contributed by atoms with Gasteiger partial charge in [-0.15, -0.1) is 0 Å². The summed E-state index contributed by atoms with van der Waals surface area (Å²) >= 11 is 0. The van der Waals surface area contributed by atoms with E-state index in [9.17, 15) is 5.11 Å². The molecular formula is C14H23NO2. The number of methoxy groups -OCH3 is 1. The SMILES string of the molecule is CC[C@@](O)(CCN(C)C)c1cccc(OC)c1. The van der Waals surface area contributed by atoms with Crippen LogP contribution in [0.5, 0.6) is 5.75 Å². The van der Waals surface area contributed by atoms with E-state index in [1.54, 1.807) is 7.11 Å². The van der Waals surface area contributed by atoms with Crippen LogP contribution in [0.4, 0.5) is 0 Å². The summed E-state index contributed by atoms with van der Waals surface area (Å²) < 4.78 is 5.20. The molecule has 0 aliphatic rings. The van der Waals surface area contributed by atoms with Gasteiger partial charge < -0.3 is 14.7 Å². The van der Waals surface area contributed by atoms with Crippen LogP contribution in [-0.2, 0) is 5.60 Å². The van der Waals surface area contributed by atoms with E-state index in [-0.39, 0.29) is 0 Å². The van der Waals surface area contributed by atoms with Gasteiger partial charge in [0.25, 0.3) is 0 Å². The zero-order valence-electron chi connectivity index (χ0n) is 11.2. The van der Waals surface area contributed by atoms with Gasteiger partial charge in [-0.1, -0.05) is 19.1 Å². The largest absolute Gasteiger partial charge is 0.497 e.